The maximum Gasteiger partial charge on any atom is -0.00971 e. The number of hydrogen-bond donors (Lipinski definition) is 0. The molecule has 0 spiro atoms. The fourth-order valence-corrected chi connectivity index (χ4v) is 2.93. The topological polar surface area (TPSA) is 0 Å². The molecular formula is C20H28. The van der Waals surface area contributed by atoms with Crippen molar-refractivity contribution in [2.24, 2.45) is 0 Å². The zero-order valence-electron chi connectivity index (χ0n) is 13.9. The Morgan fingerprint density at radius 2 is 1.35 bits per heavy atom. The van der Waals surface area contributed by atoms with Gasteiger partial charge in [0.15, 0.2) is 0 Å². The summed E-state index contributed by atoms with van der Waals surface area (Å²) in [7, 11) is 0. The van der Waals surface area contributed by atoms with Gasteiger partial charge in [-0.2, -0.15) is 0 Å². The molecule has 0 saturated carbocycles. The predicted octanol–water partition coefficient (Wildman–Crippen LogP) is 6.22. The van der Waals surface area contributed by atoms with Crippen LogP contribution in [0.5, 0.6) is 0 Å². The molecule has 108 valence electrons. The summed E-state index contributed by atoms with van der Waals surface area (Å²) in [6.07, 6.45) is 2.33. The van der Waals surface area contributed by atoms with E-state index in [-0.39, 0.29) is 10.8 Å². The normalized spacial score (nSPS) is 12.9. The molecule has 0 N–H and O–H groups in total. The molecule has 0 amide bonds. The van der Waals surface area contributed by atoms with E-state index in [1.54, 1.807) is 5.56 Å². The molecular weight excluding hydrogens is 240 g/mol. The van der Waals surface area contributed by atoms with Crippen LogP contribution in [0.15, 0.2) is 36.4 Å². The van der Waals surface area contributed by atoms with Crippen molar-refractivity contribution in [1.29, 1.82) is 0 Å². The molecule has 0 unspecified atom stereocenters. The smallest absolute Gasteiger partial charge is 0.00971 e. The van der Waals surface area contributed by atoms with E-state index in [0.29, 0.717) is 0 Å². The molecule has 0 fully saturated rings. The SMILES string of the molecule is CCC(C)(C)c1ccc2ccccc2c1C(C)(C)CC. The standard InChI is InChI=1S/C20H28/c1-7-19(3,4)17-14-13-15-11-9-10-12-16(15)18(17)20(5,6)8-2/h9-14H,7-8H2,1-6H3. The van der Waals surface area contributed by atoms with Crippen LogP contribution < -0.4 is 0 Å². The third kappa shape index (κ3) is 2.49. The van der Waals surface area contributed by atoms with Gasteiger partial charge in [-0.3, -0.25) is 0 Å². The Balaban J connectivity index is 2.86. The summed E-state index contributed by atoms with van der Waals surface area (Å²) in [5.74, 6) is 0. The lowest BCUT2D eigenvalue weighted by atomic mass is 9.70. The Hall–Kier alpha value is -1.30. The van der Waals surface area contributed by atoms with Gasteiger partial charge in [-0.25, -0.2) is 0 Å². The Morgan fingerprint density at radius 3 is 1.95 bits per heavy atom. The Bertz CT molecular complexity index is 602. The molecule has 20 heavy (non-hydrogen) atoms. The third-order valence-corrected chi connectivity index (χ3v) is 5.10. The monoisotopic (exact) mass is 268 g/mol. The van der Waals surface area contributed by atoms with Crippen molar-refractivity contribution in [3.8, 4) is 0 Å². The summed E-state index contributed by atoms with van der Waals surface area (Å²) >= 11 is 0. The van der Waals surface area contributed by atoms with E-state index in [1.807, 2.05) is 0 Å². The van der Waals surface area contributed by atoms with Crippen molar-refractivity contribution in [1.82, 2.24) is 0 Å². The van der Waals surface area contributed by atoms with Crippen molar-refractivity contribution in [3.63, 3.8) is 0 Å². The highest BCUT2D eigenvalue weighted by Crippen LogP contribution is 2.41. The lowest BCUT2D eigenvalue weighted by Crippen LogP contribution is -2.25. The molecule has 0 heteroatoms. The Morgan fingerprint density at radius 1 is 0.750 bits per heavy atom. The van der Waals surface area contributed by atoms with Gasteiger partial charge < -0.3 is 0 Å². The van der Waals surface area contributed by atoms with Gasteiger partial charge >= 0.3 is 0 Å². The zero-order valence-corrected chi connectivity index (χ0v) is 13.9. The van der Waals surface area contributed by atoms with Gasteiger partial charge in [0.05, 0.1) is 0 Å². The molecule has 0 aliphatic heterocycles. The summed E-state index contributed by atoms with van der Waals surface area (Å²) in [6, 6.07) is 13.5. The summed E-state index contributed by atoms with van der Waals surface area (Å²) < 4.78 is 0. The Kier molecular flexibility index (Phi) is 3.95. The molecule has 0 aromatic heterocycles. The molecule has 0 saturated heterocycles. The van der Waals surface area contributed by atoms with E-state index >= 15 is 0 Å². The maximum absolute atomic E-state index is 2.38. The van der Waals surface area contributed by atoms with Crippen LogP contribution in [0, 0.1) is 0 Å². The molecule has 0 heterocycles. The van der Waals surface area contributed by atoms with E-state index in [1.165, 1.54) is 16.3 Å². The van der Waals surface area contributed by atoms with Gasteiger partial charge in [-0.1, -0.05) is 77.9 Å². The Labute approximate surface area is 124 Å². The van der Waals surface area contributed by atoms with Crippen LogP contribution in [0.2, 0.25) is 0 Å². The largest absolute Gasteiger partial charge is 0.0646 e. The minimum absolute atomic E-state index is 0.211. The predicted molar refractivity (Wildman–Crippen MR) is 90.6 cm³/mol. The fraction of sp³-hybridized carbons (Fsp3) is 0.500. The molecule has 0 aliphatic carbocycles. The second-order valence-corrected chi connectivity index (χ2v) is 7.18. The van der Waals surface area contributed by atoms with Crippen LogP contribution in [0.1, 0.15) is 65.5 Å². The van der Waals surface area contributed by atoms with Crippen molar-refractivity contribution in [3.05, 3.63) is 47.5 Å². The third-order valence-electron chi connectivity index (χ3n) is 5.10. The molecule has 0 nitrogen and oxygen atoms in total. The van der Waals surface area contributed by atoms with Crippen molar-refractivity contribution < 1.29 is 0 Å². The quantitative estimate of drug-likeness (QED) is 0.618. The minimum atomic E-state index is 0.211. The van der Waals surface area contributed by atoms with Crippen molar-refractivity contribution in [2.45, 2.75) is 65.2 Å². The van der Waals surface area contributed by atoms with E-state index < -0.39 is 0 Å². The van der Waals surface area contributed by atoms with Crippen LogP contribution in [0.3, 0.4) is 0 Å². The average Bonchev–Trinajstić information content (AvgIpc) is 2.45. The number of hydrogen-bond acceptors (Lipinski definition) is 0. The van der Waals surface area contributed by atoms with Crippen LogP contribution in [0.25, 0.3) is 10.8 Å². The lowest BCUT2D eigenvalue weighted by molar-refractivity contribution is 0.459. The first-order chi connectivity index (χ1) is 9.33. The van der Waals surface area contributed by atoms with Gasteiger partial charge in [-0.05, 0) is 45.6 Å². The molecule has 2 aromatic carbocycles. The summed E-state index contributed by atoms with van der Waals surface area (Å²) in [6.45, 7) is 14.1. The summed E-state index contributed by atoms with van der Waals surface area (Å²) in [5, 5.41) is 2.79. The molecule has 2 aromatic rings. The molecule has 0 aliphatic rings. The van der Waals surface area contributed by atoms with Crippen LogP contribution >= 0.6 is 0 Å². The first kappa shape index (κ1) is 15.1. The van der Waals surface area contributed by atoms with Crippen LogP contribution in [-0.2, 0) is 10.8 Å². The highest BCUT2D eigenvalue weighted by molar-refractivity contribution is 5.88. The van der Waals surface area contributed by atoms with E-state index in [4.69, 9.17) is 0 Å². The highest BCUT2D eigenvalue weighted by Gasteiger charge is 2.30. The van der Waals surface area contributed by atoms with Gasteiger partial charge in [0, 0.05) is 0 Å². The molecule has 0 bridgehead atoms. The number of fused-ring (bicyclic) bond motifs is 1. The number of benzene rings is 2. The van der Waals surface area contributed by atoms with E-state index in [0.717, 1.165) is 12.8 Å². The van der Waals surface area contributed by atoms with Gasteiger partial charge in [0.2, 0.25) is 0 Å². The van der Waals surface area contributed by atoms with E-state index in [9.17, 15) is 0 Å². The molecule has 0 radical (unpaired) electrons. The zero-order chi connectivity index (χ0) is 15.0. The van der Waals surface area contributed by atoms with Gasteiger partial charge in [0.25, 0.3) is 0 Å². The van der Waals surface area contributed by atoms with Crippen molar-refractivity contribution in [2.75, 3.05) is 0 Å². The van der Waals surface area contributed by atoms with Crippen LogP contribution in [0.4, 0.5) is 0 Å². The number of rotatable bonds is 4. The minimum Gasteiger partial charge on any atom is -0.0646 e. The van der Waals surface area contributed by atoms with Crippen LogP contribution in [-0.4, -0.2) is 0 Å². The second-order valence-electron chi connectivity index (χ2n) is 7.18. The fourth-order valence-electron chi connectivity index (χ4n) is 2.93. The maximum atomic E-state index is 2.38. The summed E-state index contributed by atoms with van der Waals surface area (Å²) in [5.41, 5.74) is 3.50. The second kappa shape index (κ2) is 5.24. The highest BCUT2D eigenvalue weighted by atomic mass is 14.3. The molecule has 0 atom stereocenters. The lowest BCUT2D eigenvalue weighted by Gasteiger charge is -2.35. The first-order valence-electron chi connectivity index (χ1n) is 7.86. The first-order valence-corrected chi connectivity index (χ1v) is 7.86. The van der Waals surface area contributed by atoms with Gasteiger partial charge in [0.1, 0.15) is 0 Å². The molecule has 2 rings (SSSR count). The average molecular weight is 268 g/mol. The van der Waals surface area contributed by atoms with Gasteiger partial charge in [-0.15, -0.1) is 0 Å². The van der Waals surface area contributed by atoms with E-state index in [2.05, 4.69) is 77.9 Å². The van der Waals surface area contributed by atoms with Crippen molar-refractivity contribution >= 4 is 10.8 Å². The summed E-state index contributed by atoms with van der Waals surface area (Å²) in [4.78, 5) is 0.